The van der Waals surface area contributed by atoms with E-state index in [1.807, 2.05) is 7.05 Å². The molecule has 0 bridgehead atoms. The van der Waals surface area contributed by atoms with Gasteiger partial charge in [0.05, 0.1) is 11.6 Å². The first-order chi connectivity index (χ1) is 6.84. The number of rotatable bonds is 2. The molecule has 0 aliphatic heterocycles. The molecule has 1 aliphatic carbocycles. The molecule has 3 rings (SSSR count). The smallest absolute Gasteiger partial charge is 0.163 e. The quantitative estimate of drug-likeness (QED) is 0.763. The Bertz CT molecular complexity index is 471. The molecule has 5 heteroatoms. The van der Waals surface area contributed by atoms with E-state index in [1.54, 1.807) is 17.2 Å². The first-order valence-electron chi connectivity index (χ1n) is 4.74. The van der Waals surface area contributed by atoms with Crippen LogP contribution in [0.15, 0.2) is 12.5 Å². The molecule has 5 nitrogen and oxygen atoms in total. The minimum atomic E-state index is 0.605. The third kappa shape index (κ3) is 1.13. The molecule has 0 amide bonds. The Morgan fingerprint density at radius 3 is 3.07 bits per heavy atom. The predicted molar refractivity (Wildman–Crippen MR) is 52.9 cm³/mol. The van der Waals surface area contributed by atoms with Crippen molar-refractivity contribution < 1.29 is 0 Å². The van der Waals surface area contributed by atoms with Crippen LogP contribution in [0, 0.1) is 0 Å². The highest BCUT2D eigenvalue weighted by molar-refractivity contribution is 5.86. The molecule has 0 unspecified atom stereocenters. The van der Waals surface area contributed by atoms with Crippen LogP contribution in [0.1, 0.15) is 12.8 Å². The molecule has 1 fully saturated rings. The Balaban J connectivity index is 2.12. The van der Waals surface area contributed by atoms with Crippen molar-refractivity contribution in [2.24, 2.45) is 7.05 Å². The Hall–Kier alpha value is -1.65. The molecule has 0 aromatic carbocycles. The third-order valence-corrected chi connectivity index (χ3v) is 2.45. The molecule has 1 saturated carbocycles. The van der Waals surface area contributed by atoms with Crippen molar-refractivity contribution in [1.29, 1.82) is 0 Å². The van der Waals surface area contributed by atoms with Crippen LogP contribution in [0.4, 0.5) is 5.82 Å². The molecule has 72 valence electrons. The van der Waals surface area contributed by atoms with Crippen LogP contribution >= 0.6 is 0 Å². The third-order valence-electron chi connectivity index (χ3n) is 2.45. The summed E-state index contributed by atoms with van der Waals surface area (Å²) in [6.45, 7) is 0. The molecule has 2 aromatic heterocycles. The average Bonchev–Trinajstić information content (AvgIpc) is 2.92. The minimum Gasteiger partial charge on any atom is -0.367 e. The monoisotopic (exact) mass is 189 g/mol. The highest BCUT2D eigenvalue weighted by atomic mass is 15.3. The van der Waals surface area contributed by atoms with Crippen molar-refractivity contribution in [3.8, 4) is 0 Å². The SMILES string of the molecule is Cn1ncc2c(NC3CC3)ncnc21. The van der Waals surface area contributed by atoms with Crippen molar-refractivity contribution in [3.05, 3.63) is 12.5 Å². The zero-order valence-corrected chi connectivity index (χ0v) is 7.94. The van der Waals surface area contributed by atoms with Crippen molar-refractivity contribution in [1.82, 2.24) is 19.7 Å². The normalized spacial score (nSPS) is 16.1. The summed E-state index contributed by atoms with van der Waals surface area (Å²) >= 11 is 0. The van der Waals surface area contributed by atoms with Gasteiger partial charge in [0.15, 0.2) is 5.65 Å². The van der Waals surface area contributed by atoms with E-state index in [0.717, 1.165) is 16.9 Å². The molecule has 0 saturated heterocycles. The van der Waals surface area contributed by atoms with Crippen molar-refractivity contribution in [2.45, 2.75) is 18.9 Å². The summed E-state index contributed by atoms with van der Waals surface area (Å²) < 4.78 is 1.76. The summed E-state index contributed by atoms with van der Waals surface area (Å²) in [5.74, 6) is 0.908. The molecule has 0 atom stereocenters. The summed E-state index contributed by atoms with van der Waals surface area (Å²) in [5.41, 5.74) is 0.878. The summed E-state index contributed by atoms with van der Waals surface area (Å²) in [4.78, 5) is 8.40. The Morgan fingerprint density at radius 2 is 2.29 bits per heavy atom. The van der Waals surface area contributed by atoms with Gasteiger partial charge < -0.3 is 5.32 Å². The van der Waals surface area contributed by atoms with E-state index in [2.05, 4.69) is 20.4 Å². The minimum absolute atomic E-state index is 0.605. The van der Waals surface area contributed by atoms with Gasteiger partial charge in [-0.05, 0) is 12.8 Å². The lowest BCUT2D eigenvalue weighted by atomic mass is 10.4. The van der Waals surface area contributed by atoms with E-state index in [9.17, 15) is 0 Å². The molecule has 1 N–H and O–H groups in total. The molecule has 0 radical (unpaired) electrons. The van der Waals surface area contributed by atoms with Crippen LogP contribution in [0.3, 0.4) is 0 Å². The van der Waals surface area contributed by atoms with Crippen LogP contribution in [0.5, 0.6) is 0 Å². The van der Waals surface area contributed by atoms with E-state index >= 15 is 0 Å². The number of hydrogen-bond donors (Lipinski definition) is 1. The lowest BCUT2D eigenvalue weighted by molar-refractivity contribution is 0.785. The predicted octanol–water partition coefficient (Wildman–Crippen LogP) is 0.938. The second-order valence-corrected chi connectivity index (χ2v) is 3.65. The van der Waals surface area contributed by atoms with Crippen molar-refractivity contribution in [2.75, 3.05) is 5.32 Å². The molecular formula is C9H11N5. The van der Waals surface area contributed by atoms with E-state index in [4.69, 9.17) is 0 Å². The molecule has 14 heavy (non-hydrogen) atoms. The van der Waals surface area contributed by atoms with E-state index in [1.165, 1.54) is 12.8 Å². The van der Waals surface area contributed by atoms with E-state index < -0.39 is 0 Å². The first kappa shape index (κ1) is 7.73. The summed E-state index contributed by atoms with van der Waals surface area (Å²) in [7, 11) is 1.89. The van der Waals surface area contributed by atoms with Gasteiger partial charge in [0.2, 0.25) is 0 Å². The number of aromatic nitrogens is 4. The van der Waals surface area contributed by atoms with Gasteiger partial charge >= 0.3 is 0 Å². The molecular weight excluding hydrogens is 178 g/mol. The number of anilines is 1. The van der Waals surface area contributed by atoms with Crippen LogP contribution in [0.2, 0.25) is 0 Å². The number of aryl methyl sites for hydroxylation is 1. The Kier molecular flexibility index (Phi) is 1.47. The zero-order valence-electron chi connectivity index (χ0n) is 7.94. The molecule has 2 heterocycles. The fourth-order valence-corrected chi connectivity index (χ4v) is 1.50. The maximum atomic E-state index is 4.22. The van der Waals surface area contributed by atoms with Gasteiger partial charge in [-0.2, -0.15) is 5.10 Å². The van der Waals surface area contributed by atoms with Crippen LogP contribution in [-0.2, 0) is 7.05 Å². The van der Waals surface area contributed by atoms with Crippen molar-refractivity contribution >= 4 is 16.9 Å². The molecule has 1 aliphatic rings. The van der Waals surface area contributed by atoms with Gasteiger partial charge in [0.25, 0.3) is 0 Å². The lowest BCUT2D eigenvalue weighted by Gasteiger charge is -2.03. The second kappa shape index (κ2) is 2.67. The lowest BCUT2D eigenvalue weighted by Crippen LogP contribution is -2.03. The fourth-order valence-electron chi connectivity index (χ4n) is 1.50. The van der Waals surface area contributed by atoms with Gasteiger partial charge in [-0.25, -0.2) is 9.97 Å². The summed E-state index contributed by atoms with van der Waals surface area (Å²) in [5, 5.41) is 8.53. The number of nitrogens with one attached hydrogen (secondary N) is 1. The largest absolute Gasteiger partial charge is 0.367 e. The highest BCUT2D eigenvalue weighted by Gasteiger charge is 2.22. The van der Waals surface area contributed by atoms with Gasteiger partial charge in [-0.3, -0.25) is 4.68 Å². The van der Waals surface area contributed by atoms with E-state index in [0.29, 0.717) is 6.04 Å². The van der Waals surface area contributed by atoms with Gasteiger partial charge in [0, 0.05) is 13.1 Å². The van der Waals surface area contributed by atoms with Gasteiger partial charge in [0.1, 0.15) is 12.1 Å². The molecule has 0 spiro atoms. The van der Waals surface area contributed by atoms with Crippen LogP contribution < -0.4 is 5.32 Å². The van der Waals surface area contributed by atoms with Crippen LogP contribution in [0.25, 0.3) is 11.0 Å². The fraction of sp³-hybridized carbons (Fsp3) is 0.444. The average molecular weight is 189 g/mol. The maximum Gasteiger partial charge on any atom is 0.163 e. The topological polar surface area (TPSA) is 55.6 Å². The Labute approximate surface area is 81.2 Å². The number of nitrogens with zero attached hydrogens (tertiary/aromatic N) is 4. The van der Waals surface area contributed by atoms with Gasteiger partial charge in [-0.15, -0.1) is 0 Å². The van der Waals surface area contributed by atoms with E-state index in [-0.39, 0.29) is 0 Å². The summed E-state index contributed by atoms with van der Waals surface area (Å²) in [6.07, 6.45) is 5.87. The highest BCUT2D eigenvalue weighted by Crippen LogP contribution is 2.26. The Morgan fingerprint density at radius 1 is 1.43 bits per heavy atom. The molecule has 2 aromatic rings. The van der Waals surface area contributed by atoms with Crippen molar-refractivity contribution in [3.63, 3.8) is 0 Å². The van der Waals surface area contributed by atoms with Crippen LogP contribution in [-0.4, -0.2) is 25.8 Å². The maximum absolute atomic E-state index is 4.22. The van der Waals surface area contributed by atoms with Gasteiger partial charge in [-0.1, -0.05) is 0 Å². The summed E-state index contributed by atoms with van der Waals surface area (Å²) in [6, 6.07) is 0.605. The first-order valence-corrected chi connectivity index (χ1v) is 4.74. The number of hydrogen-bond acceptors (Lipinski definition) is 4. The zero-order chi connectivity index (χ0) is 9.54. The number of fused-ring (bicyclic) bond motifs is 1. The standard InChI is InChI=1S/C9H11N5/c1-14-9-7(4-12-14)8(10-5-11-9)13-6-2-3-6/h4-6H,2-3H2,1H3,(H,10,11,13). The second-order valence-electron chi connectivity index (χ2n) is 3.65.